The third-order valence-electron chi connectivity index (χ3n) is 6.67. The Kier molecular flexibility index (Phi) is 5.44. The molecule has 166 valence electrons. The van der Waals surface area contributed by atoms with E-state index in [1.54, 1.807) is 0 Å². The highest BCUT2D eigenvalue weighted by atomic mass is 16.4. The Bertz CT molecular complexity index is 1140. The van der Waals surface area contributed by atoms with E-state index >= 15 is 0 Å². The predicted molar refractivity (Wildman–Crippen MR) is 125 cm³/mol. The standard InChI is InChI=1S/C27H25N3O3/c31-18-23-22-16-17-30(26(32)33)25(24(22)29-28-23)27(19-10-4-1-5-11-19,20-12-6-2-7-13-20)21-14-8-3-9-15-21/h1-15,25,31H,16-18H2,(H,28,29)(H,32,33). The van der Waals surface area contributed by atoms with Crippen molar-refractivity contribution in [3.63, 3.8) is 0 Å². The zero-order valence-corrected chi connectivity index (χ0v) is 18.1. The number of hydrogen-bond donors (Lipinski definition) is 3. The fourth-order valence-corrected chi connectivity index (χ4v) is 5.30. The van der Waals surface area contributed by atoms with Crippen LogP contribution >= 0.6 is 0 Å². The molecule has 3 N–H and O–H groups in total. The molecular formula is C27H25N3O3. The summed E-state index contributed by atoms with van der Waals surface area (Å²) in [6.07, 6.45) is -0.489. The van der Waals surface area contributed by atoms with Gasteiger partial charge in [0.25, 0.3) is 0 Å². The zero-order chi connectivity index (χ0) is 22.8. The van der Waals surface area contributed by atoms with Gasteiger partial charge in [-0.3, -0.25) is 10.00 Å². The molecule has 1 amide bonds. The van der Waals surface area contributed by atoms with Crippen molar-refractivity contribution in [1.29, 1.82) is 0 Å². The highest BCUT2D eigenvalue weighted by molar-refractivity contribution is 5.69. The summed E-state index contributed by atoms with van der Waals surface area (Å²) in [6.45, 7) is 0.119. The summed E-state index contributed by atoms with van der Waals surface area (Å²) >= 11 is 0. The van der Waals surface area contributed by atoms with Crippen molar-refractivity contribution < 1.29 is 15.0 Å². The maximum atomic E-state index is 12.6. The van der Waals surface area contributed by atoms with E-state index in [1.165, 1.54) is 4.90 Å². The number of aromatic amines is 1. The van der Waals surface area contributed by atoms with Crippen LogP contribution in [0.2, 0.25) is 0 Å². The smallest absolute Gasteiger partial charge is 0.407 e. The van der Waals surface area contributed by atoms with E-state index in [2.05, 4.69) is 46.6 Å². The number of hydrogen-bond acceptors (Lipinski definition) is 3. The molecule has 0 spiro atoms. The first-order valence-corrected chi connectivity index (χ1v) is 11.0. The number of amides is 1. The van der Waals surface area contributed by atoms with Crippen LogP contribution in [-0.2, 0) is 18.4 Å². The average molecular weight is 440 g/mol. The number of benzene rings is 3. The second kappa shape index (κ2) is 8.56. The normalized spacial score (nSPS) is 15.8. The molecule has 0 bridgehead atoms. The van der Waals surface area contributed by atoms with Gasteiger partial charge in [0.1, 0.15) is 0 Å². The van der Waals surface area contributed by atoms with E-state index in [1.807, 2.05) is 54.6 Å². The van der Waals surface area contributed by atoms with E-state index in [0.29, 0.717) is 18.7 Å². The topological polar surface area (TPSA) is 89.4 Å². The Morgan fingerprint density at radius 3 is 1.82 bits per heavy atom. The van der Waals surface area contributed by atoms with Crippen LogP contribution in [0.1, 0.15) is 39.7 Å². The summed E-state index contributed by atoms with van der Waals surface area (Å²) in [4.78, 5) is 14.1. The summed E-state index contributed by atoms with van der Waals surface area (Å²) in [5, 5.41) is 27.7. The Balaban J connectivity index is 1.92. The minimum absolute atomic E-state index is 0.194. The van der Waals surface area contributed by atoms with Crippen LogP contribution in [0.3, 0.4) is 0 Å². The molecule has 0 fully saturated rings. The van der Waals surface area contributed by atoms with Crippen LogP contribution in [0.25, 0.3) is 0 Å². The molecule has 0 radical (unpaired) electrons. The average Bonchev–Trinajstić information content (AvgIpc) is 3.30. The van der Waals surface area contributed by atoms with E-state index in [-0.39, 0.29) is 6.61 Å². The van der Waals surface area contributed by atoms with Crippen molar-refractivity contribution in [2.24, 2.45) is 0 Å². The molecule has 4 aromatic rings. The molecule has 1 aliphatic heterocycles. The summed E-state index contributed by atoms with van der Waals surface area (Å²) in [5.74, 6) is 0. The van der Waals surface area contributed by atoms with Crippen LogP contribution in [0.15, 0.2) is 91.0 Å². The van der Waals surface area contributed by atoms with Crippen molar-refractivity contribution in [2.75, 3.05) is 6.54 Å². The Morgan fingerprint density at radius 1 is 0.909 bits per heavy atom. The quantitative estimate of drug-likeness (QED) is 0.399. The lowest BCUT2D eigenvalue weighted by Gasteiger charge is -2.48. The largest absolute Gasteiger partial charge is 0.465 e. The van der Waals surface area contributed by atoms with Crippen molar-refractivity contribution in [1.82, 2.24) is 15.1 Å². The van der Waals surface area contributed by atoms with Gasteiger partial charge in [0.2, 0.25) is 0 Å². The fourth-order valence-electron chi connectivity index (χ4n) is 5.30. The second-order valence-electron chi connectivity index (χ2n) is 8.26. The maximum absolute atomic E-state index is 12.6. The maximum Gasteiger partial charge on any atom is 0.407 e. The highest BCUT2D eigenvalue weighted by Gasteiger charge is 2.51. The van der Waals surface area contributed by atoms with E-state index < -0.39 is 17.6 Å². The number of aromatic nitrogens is 2. The van der Waals surface area contributed by atoms with Gasteiger partial charge in [0.05, 0.1) is 29.5 Å². The Labute approximate surface area is 192 Å². The minimum Gasteiger partial charge on any atom is -0.465 e. The molecule has 0 aliphatic carbocycles. The van der Waals surface area contributed by atoms with Crippen molar-refractivity contribution >= 4 is 6.09 Å². The number of fused-ring (bicyclic) bond motifs is 1. The number of carboxylic acid groups (broad SMARTS) is 1. The van der Waals surface area contributed by atoms with Crippen molar-refractivity contribution in [3.05, 3.63) is 125 Å². The van der Waals surface area contributed by atoms with Gasteiger partial charge in [-0.05, 0) is 23.1 Å². The molecule has 1 atom stereocenters. The van der Waals surface area contributed by atoms with Gasteiger partial charge in [0, 0.05) is 12.1 Å². The van der Waals surface area contributed by atoms with Crippen LogP contribution in [-0.4, -0.2) is 37.9 Å². The fraction of sp³-hybridized carbons (Fsp3) is 0.185. The molecule has 6 nitrogen and oxygen atoms in total. The number of aliphatic hydroxyl groups excluding tert-OH is 1. The van der Waals surface area contributed by atoms with Crippen LogP contribution in [0.5, 0.6) is 0 Å². The zero-order valence-electron chi connectivity index (χ0n) is 18.1. The van der Waals surface area contributed by atoms with Crippen molar-refractivity contribution in [2.45, 2.75) is 24.5 Å². The van der Waals surface area contributed by atoms with E-state index in [4.69, 9.17) is 0 Å². The van der Waals surface area contributed by atoms with Gasteiger partial charge >= 0.3 is 6.09 Å². The molecule has 0 saturated carbocycles. The lowest BCUT2D eigenvalue weighted by Crippen LogP contribution is -2.51. The summed E-state index contributed by atoms with van der Waals surface area (Å²) in [7, 11) is 0. The van der Waals surface area contributed by atoms with Crippen LogP contribution < -0.4 is 0 Å². The molecule has 5 rings (SSSR count). The molecule has 1 unspecified atom stereocenters. The Hall–Kier alpha value is -3.90. The van der Waals surface area contributed by atoms with Crippen LogP contribution in [0, 0.1) is 0 Å². The van der Waals surface area contributed by atoms with E-state index in [9.17, 15) is 15.0 Å². The molecular weight excluding hydrogens is 414 g/mol. The summed E-state index contributed by atoms with van der Waals surface area (Å²) in [6, 6.07) is 29.5. The van der Waals surface area contributed by atoms with Gasteiger partial charge in [-0.25, -0.2) is 4.79 Å². The third-order valence-corrected chi connectivity index (χ3v) is 6.67. The highest BCUT2D eigenvalue weighted by Crippen LogP contribution is 2.52. The van der Waals surface area contributed by atoms with Gasteiger partial charge < -0.3 is 10.2 Å². The summed E-state index contributed by atoms with van der Waals surface area (Å²) in [5.41, 5.74) is 4.28. The van der Waals surface area contributed by atoms with Gasteiger partial charge in [-0.15, -0.1) is 0 Å². The molecule has 0 saturated heterocycles. The molecule has 3 aromatic carbocycles. The predicted octanol–water partition coefficient (Wildman–Crippen LogP) is 4.51. The first-order valence-electron chi connectivity index (χ1n) is 11.0. The monoisotopic (exact) mass is 439 g/mol. The molecule has 2 heterocycles. The van der Waals surface area contributed by atoms with Gasteiger partial charge in [0.15, 0.2) is 0 Å². The lowest BCUT2D eigenvalue weighted by molar-refractivity contribution is 0.101. The number of nitrogens with one attached hydrogen (secondary N) is 1. The number of carbonyl (C=O) groups is 1. The first-order chi connectivity index (χ1) is 16.2. The van der Waals surface area contributed by atoms with Crippen LogP contribution in [0.4, 0.5) is 4.79 Å². The first kappa shape index (κ1) is 21.0. The molecule has 6 heteroatoms. The number of rotatable bonds is 5. The van der Waals surface area contributed by atoms with Gasteiger partial charge in [-0.1, -0.05) is 91.0 Å². The lowest BCUT2D eigenvalue weighted by atomic mass is 9.62. The molecule has 1 aliphatic rings. The van der Waals surface area contributed by atoms with Gasteiger partial charge in [-0.2, -0.15) is 5.10 Å². The number of nitrogens with zero attached hydrogens (tertiary/aromatic N) is 2. The number of H-pyrrole nitrogens is 1. The SMILES string of the molecule is O=C(O)N1CCc2c(CO)n[nH]c2C1C(c1ccccc1)(c1ccccc1)c1ccccc1. The summed E-state index contributed by atoms with van der Waals surface area (Å²) < 4.78 is 0. The van der Waals surface area contributed by atoms with Crippen molar-refractivity contribution in [3.8, 4) is 0 Å². The molecule has 33 heavy (non-hydrogen) atoms. The Morgan fingerprint density at radius 2 is 1.39 bits per heavy atom. The minimum atomic E-state index is -0.988. The molecule has 1 aromatic heterocycles. The number of aliphatic hydroxyl groups is 1. The second-order valence-corrected chi connectivity index (χ2v) is 8.26. The third kappa shape index (κ3) is 3.31. The van der Waals surface area contributed by atoms with E-state index in [0.717, 1.165) is 27.9 Å².